The second-order valence-corrected chi connectivity index (χ2v) is 15.0. The molecule has 4 aromatic rings. The number of benzene rings is 2. The molecule has 17 nitrogen and oxygen atoms in total. The smallest absolute Gasteiger partial charge is 0.324 e. The van der Waals surface area contributed by atoms with Crippen molar-refractivity contribution in [2.45, 2.75) is 33.9 Å². The number of anilines is 2. The lowest BCUT2D eigenvalue weighted by atomic mass is 10.1. The van der Waals surface area contributed by atoms with Crippen molar-refractivity contribution in [1.29, 1.82) is 0 Å². The first kappa shape index (κ1) is 47.6. The van der Waals surface area contributed by atoms with Crippen molar-refractivity contribution in [2.75, 3.05) is 103 Å². The number of amides is 5. The number of hydrogen-bond acceptors (Lipinski definition) is 12. The third-order valence-electron chi connectivity index (χ3n) is 11.0. The number of nitrogens with one attached hydrogen (secondary N) is 1. The Labute approximate surface area is 369 Å². The Morgan fingerprint density at radius 1 is 0.635 bits per heavy atom. The number of carbonyl (C=O) groups excluding carboxylic acids is 5. The first-order chi connectivity index (χ1) is 30.5. The molecule has 0 radical (unpaired) electrons. The van der Waals surface area contributed by atoms with Crippen molar-refractivity contribution in [3.63, 3.8) is 0 Å². The van der Waals surface area contributed by atoms with E-state index in [1.807, 2.05) is 58.3 Å². The van der Waals surface area contributed by atoms with Crippen molar-refractivity contribution in [3.05, 3.63) is 108 Å². The summed E-state index contributed by atoms with van der Waals surface area (Å²) >= 11 is 0. The lowest BCUT2D eigenvalue weighted by Crippen LogP contribution is -2.52. The SMILES string of the molecule is CCN1CCN(C(=O)N(Cc2ccc(C(=O)CN)cn2)c2cccc(OC)c2)CC1.CCN1CCN(C(=O)N(Cc2ccc(C(=O)CNC(C)=O)cn2)c2cccc(OC)c2)CC1. The number of piperazine rings is 2. The number of methoxy groups -OCH3 is 2. The first-order valence-electron chi connectivity index (χ1n) is 21.2. The first-order valence-corrected chi connectivity index (χ1v) is 21.2. The predicted molar refractivity (Wildman–Crippen MR) is 241 cm³/mol. The van der Waals surface area contributed by atoms with E-state index in [0.717, 1.165) is 45.0 Å². The van der Waals surface area contributed by atoms with E-state index >= 15 is 0 Å². The molecule has 2 aromatic heterocycles. The van der Waals surface area contributed by atoms with Crippen LogP contribution in [0, 0.1) is 0 Å². The molecule has 4 heterocycles. The van der Waals surface area contributed by atoms with Gasteiger partial charge in [-0.15, -0.1) is 0 Å². The van der Waals surface area contributed by atoms with Crippen LogP contribution in [0.4, 0.5) is 21.0 Å². The van der Waals surface area contributed by atoms with Crippen molar-refractivity contribution in [2.24, 2.45) is 5.73 Å². The van der Waals surface area contributed by atoms with Crippen LogP contribution in [0.15, 0.2) is 85.2 Å². The number of rotatable bonds is 15. The minimum atomic E-state index is -0.264. The quantitative estimate of drug-likeness (QED) is 0.163. The van der Waals surface area contributed by atoms with Crippen molar-refractivity contribution in [1.82, 2.24) is 34.9 Å². The fourth-order valence-electron chi connectivity index (χ4n) is 7.06. The highest BCUT2D eigenvalue weighted by Gasteiger charge is 2.28. The summed E-state index contributed by atoms with van der Waals surface area (Å²) in [5.74, 6) is 0.688. The summed E-state index contributed by atoms with van der Waals surface area (Å²) in [5.41, 5.74) is 9.08. The van der Waals surface area contributed by atoms with Crippen LogP contribution in [0.3, 0.4) is 0 Å². The summed E-state index contributed by atoms with van der Waals surface area (Å²) in [7, 11) is 3.19. The zero-order chi connectivity index (χ0) is 45.3. The Balaban J connectivity index is 0.000000239. The number of urea groups is 2. The van der Waals surface area contributed by atoms with Gasteiger partial charge in [0.2, 0.25) is 5.91 Å². The fourth-order valence-corrected chi connectivity index (χ4v) is 7.06. The second kappa shape index (κ2) is 23.7. The molecule has 0 aliphatic carbocycles. The zero-order valence-electron chi connectivity index (χ0n) is 37.0. The molecule has 3 N–H and O–H groups in total. The third-order valence-corrected chi connectivity index (χ3v) is 11.0. The molecular formula is C46H60N10O7. The van der Waals surface area contributed by atoms with Crippen LogP contribution in [0.25, 0.3) is 0 Å². The van der Waals surface area contributed by atoms with E-state index in [2.05, 4.69) is 38.9 Å². The maximum Gasteiger partial charge on any atom is 0.324 e. The molecule has 0 spiro atoms. The van der Waals surface area contributed by atoms with Gasteiger partial charge in [0.1, 0.15) is 11.5 Å². The van der Waals surface area contributed by atoms with Gasteiger partial charge in [0, 0.05) is 106 Å². The van der Waals surface area contributed by atoms with Gasteiger partial charge in [-0.2, -0.15) is 0 Å². The average Bonchev–Trinajstić information content (AvgIpc) is 3.34. The average molecular weight is 865 g/mol. The molecule has 2 aromatic carbocycles. The molecule has 0 unspecified atom stereocenters. The van der Waals surface area contributed by atoms with Gasteiger partial charge in [-0.1, -0.05) is 26.0 Å². The molecule has 5 amide bonds. The van der Waals surface area contributed by atoms with E-state index in [0.29, 0.717) is 65.9 Å². The summed E-state index contributed by atoms with van der Waals surface area (Å²) in [6.45, 7) is 14.1. The van der Waals surface area contributed by atoms with E-state index in [-0.39, 0.29) is 55.7 Å². The number of ketones is 2. The summed E-state index contributed by atoms with van der Waals surface area (Å²) in [6.07, 6.45) is 2.99. The number of ether oxygens (including phenoxy) is 2. The van der Waals surface area contributed by atoms with Crippen LogP contribution in [-0.4, -0.2) is 152 Å². The highest BCUT2D eigenvalue weighted by molar-refractivity contribution is 5.99. The Kier molecular flexibility index (Phi) is 17.9. The predicted octanol–water partition coefficient (Wildman–Crippen LogP) is 4.17. The number of Topliss-reactive ketones (excluding diaryl/α,β-unsaturated/α-hetero) is 2. The Morgan fingerprint density at radius 2 is 1.06 bits per heavy atom. The Morgan fingerprint density at radius 3 is 1.41 bits per heavy atom. The summed E-state index contributed by atoms with van der Waals surface area (Å²) < 4.78 is 10.7. The molecule has 0 saturated carbocycles. The lowest BCUT2D eigenvalue weighted by molar-refractivity contribution is -0.118. The van der Waals surface area contributed by atoms with Crippen molar-refractivity contribution in [3.8, 4) is 11.5 Å². The number of likely N-dealkylation sites (N-methyl/N-ethyl adjacent to an activating group) is 2. The second-order valence-electron chi connectivity index (χ2n) is 15.0. The minimum absolute atomic E-state index is 0.0564. The topological polar surface area (TPSA) is 187 Å². The van der Waals surface area contributed by atoms with Crippen molar-refractivity contribution >= 4 is 40.9 Å². The Bertz CT molecular complexity index is 2140. The number of nitrogens with two attached hydrogens (primary N) is 1. The lowest BCUT2D eigenvalue weighted by Gasteiger charge is -2.37. The van der Waals surface area contributed by atoms with Crippen LogP contribution < -0.4 is 30.3 Å². The van der Waals surface area contributed by atoms with Crippen LogP contribution in [-0.2, 0) is 17.9 Å². The summed E-state index contributed by atoms with van der Waals surface area (Å²) in [6, 6.07) is 21.5. The summed E-state index contributed by atoms with van der Waals surface area (Å²) in [5, 5.41) is 2.49. The maximum atomic E-state index is 13.5. The van der Waals surface area contributed by atoms with Gasteiger partial charge >= 0.3 is 12.1 Å². The summed E-state index contributed by atoms with van der Waals surface area (Å²) in [4.78, 5) is 82.4. The minimum Gasteiger partial charge on any atom is -0.497 e. The molecule has 0 bridgehead atoms. The van der Waals surface area contributed by atoms with Gasteiger partial charge in [0.25, 0.3) is 0 Å². The molecule has 17 heteroatoms. The number of pyridine rings is 2. The largest absolute Gasteiger partial charge is 0.497 e. The van der Waals surface area contributed by atoms with Gasteiger partial charge < -0.3 is 40.1 Å². The highest BCUT2D eigenvalue weighted by atomic mass is 16.5. The maximum absolute atomic E-state index is 13.5. The molecule has 63 heavy (non-hydrogen) atoms. The van der Waals surface area contributed by atoms with Crippen LogP contribution in [0.2, 0.25) is 0 Å². The zero-order valence-corrected chi connectivity index (χ0v) is 37.0. The van der Waals surface area contributed by atoms with Crippen LogP contribution in [0.1, 0.15) is 52.9 Å². The molecule has 2 aliphatic rings. The van der Waals surface area contributed by atoms with E-state index in [9.17, 15) is 24.0 Å². The fraction of sp³-hybridized carbons (Fsp3) is 0.413. The van der Waals surface area contributed by atoms with E-state index in [4.69, 9.17) is 15.2 Å². The third kappa shape index (κ3) is 13.5. The van der Waals surface area contributed by atoms with Gasteiger partial charge in [0.15, 0.2) is 11.6 Å². The van der Waals surface area contributed by atoms with Gasteiger partial charge in [-0.25, -0.2) is 9.59 Å². The number of nitrogens with zero attached hydrogens (tertiary/aromatic N) is 8. The number of aromatic nitrogens is 2. The Hall–Kier alpha value is -6.43. The van der Waals surface area contributed by atoms with Crippen molar-refractivity contribution < 1.29 is 33.4 Å². The normalized spacial score (nSPS) is 14.2. The molecular weight excluding hydrogens is 805 g/mol. The van der Waals surface area contributed by atoms with Crippen LogP contribution >= 0.6 is 0 Å². The molecule has 2 fully saturated rings. The van der Waals surface area contributed by atoms with Gasteiger partial charge in [-0.05, 0) is 61.6 Å². The highest BCUT2D eigenvalue weighted by Crippen LogP contribution is 2.26. The van der Waals surface area contributed by atoms with Gasteiger partial charge in [-0.3, -0.25) is 34.2 Å². The molecule has 2 saturated heterocycles. The van der Waals surface area contributed by atoms with Gasteiger partial charge in [0.05, 0.1) is 51.8 Å². The van der Waals surface area contributed by atoms with E-state index < -0.39 is 0 Å². The molecule has 2 aliphatic heterocycles. The van der Waals surface area contributed by atoms with E-state index in [1.165, 1.54) is 19.3 Å². The monoisotopic (exact) mass is 864 g/mol. The standard InChI is InChI=1S/C24H31N5O4.C22H29N5O3/c1-4-27-10-12-28(13-11-27)24(32)29(21-6-5-7-22(14-21)33-3)17-20-9-8-19(15-26-20)23(31)16-25-18(2)30;1-3-25-9-11-26(12-10-25)22(29)27(19-5-4-6-20(13-19)30-2)16-18-8-7-17(15-24-18)21(28)14-23/h5-9,14-15H,4,10-13,16-17H2,1-3H3,(H,25,30);4-8,13,15H,3,9-12,14,16,23H2,1-2H3. The number of hydrogen-bond donors (Lipinski definition) is 2. The number of carbonyl (C=O) groups is 5. The van der Waals surface area contributed by atoms with Crippen LogP contribution in [0.5, 0.6) is 11.5 Å². The van der Waals surface area contributed by atoms with E-state index in [1.54, 1.807) is 48.3 Å². The molecule has 6 rings (SSSR count). The molecule has 336 valence electrons. The molecule has 0 atom stereocenters.